The summed E-state index contributed by atoms with van der Waals surface area (Å²) in [7, 11) is -3.53. The van der Waals surface area contributed by atoms with Gasteiger partial charge in [0.1, 0.15) is 10.8 Å². The molecule has 32 heavy (non-hydrogen) atoms. The van der Waals surface area contributed by atoms with Crippen molar-refractivity contribution >= 4 is 27.1 Å². The number of aromatic nitrogens is 1. The Kier molecular flexibility index (Phi) is 7.00. The van der Waals surface area contributed by atoms with Gasteiger partial charge < -0.3 is 9.47 Å². The number of carbonyl (C=O) groups is 1. The Labute approximate surface area is 191 Å². The normalized spacial score (nSPS) is 14.9. The van der Waals surface area contributed by atoms with Gasteiger partial charge in [-0.1, -0.05) is 24.3 Å². The number of hydrogen-bond acceptors (Lipinski definition) is 7. The number of hydrogen-bond donors (Lipinski definition) is 0. The molecule has 0 atom stereocenters. The van der Waals surface area contributed by atoms with E-state index in [2.05, 4.69) is 4.98 Å². The van der Waals surface area contributed by atoms with Crippen LogP contribution in [0.4, 0.5) is 0 Å². The van der Waals surface area contributed by atoms with Crippen molar-refractivity contribution in [1.29, 1.82) is 0 Å². The number of sulfonamides is 1. The van der Waals surface area contributed by atoms with E-state index >= 15 is 0 Å². The molecule has 1 aliphatic rings. The van der Waals surface area contributed by atoms with Crippen molar-refractivity contribution in [3.05, 3.63) is 64.5 Å². The molecule has 0 unspecified atom stereocenters. The van der Waals surface area contributed by atoms with E-state index in [0.29, 0.717) is 49.2 Å². The standard InChI is InChI=1S/C23H24N2O5S2/c1-2-30-19-5-3-4-18(14-19)22(26)15-23-24-21(16-31-23)17-6-8-20(9-7-17)32(27,28)25-10-12-29-13-11-25/h3-9,14,16H,2,10-13,15H2,1H3. The second-order valence-electron chi connectivity index (χ2n) is 7.23. The average Bonchev–Trinajstić information content (AvgIpc) is 3.28. The average molecular weight is 473 g/mol. The van der Waals surface area contributed by atoms with E-state index in [1.54, 1.807) is 42.5 Å². The summed E-state index contributed by atoms with van der Waals surface area (Å²) in [6, 6.07) is 13.8. The van der Waals surface area contributed by atoms with Crippen molar-refractivity contribution in [2.75, 3.05) is 32.9 Å². The number of rotatable bonds is 8. The van der Waals surface area contributed by atoms with E-state index in [4.69, 9.17) is 9.47 Å². The smallest absolute Gasteiger partial charge is 0.243 e. The predicted octanol–water partition coefficient (Wildman–Crippen LogP) is 3.66. The minimum Gasteiger partial charge on any atom is -0.494 e. The summed E-state index contributed by atoms with van der Waals surface area (Å²) in [5.74, 6) is 0.643. The number of thiazole rings is 1. The van der Waals surface area contributed by atoms with Gasteiger partial charge in [-0.2, -0.15) is 4.31 Å². The lowest BCUT2D eigenvalue weighted by molar-refractivity contribution is 0.0730. The first-order chi connectivity index (χ1) is 15.5. The van der Waals surface area contributed by atoms with Gasteiger partial charge in [-0.05, 0) is 31.2 Å². The van der Waals surface area contributed by atoms with Crippen LogP contribution in [0.2, 0.25) is 0 Å². The number of nitrogens with zero attached hydrogens (tertiary/aromatic N) is 2. The maximum Gasteiger partial charge on any atom is 0.243 e. The highest BCUT2D eigenvalue weighted by atomic mass is 32.2. The monoisotopic (exact) mass is 472 g/mol. The highest BCUT2D eigenvalue weighted by Gasteiger charge is 2.26. The minimum atomic E-state index is -3.53. The third-order valence-corrected chi connectivity index (χ3v) is 7.85. The van der Waals surface area contributed by atoms with Crippen LogP contribution in [0, 0.1) is 0 Å². The first kappa shape index (κ1) is 22.6. The molecule has 0 radical (unpaired) electrons. The van der Waals surface area contributed by atoms with Crippen molar-refractivity contribution in [1.82, 2.24) is 9.29 Å². The molecule has 1 fully saturated rings. The Morgan fingerprint density at radius 1 is 1.16 bits per heavy atom. The van der Waals surface area contributed by atoms with E-state index in [0.717, 1.165) is 11.3 Å². The van der Waals surface area contributed by atoms with Crippen LogP contribution in [0.25, 0.3) is 11.3 Å². The molecule has 0 aliphatic carbocycles. The van der Waals surface area contributed by atoms with Crippen LogP contribution in [-0.4, -0.2) is 56.4 Å². The van der Waals surface area contributed by atoms with Crippen LogP contribution in [-0.2, 0) is 21.2 Å². The number of morpholine rings is 1. The molecular weight excluding hydrogens is 448 g/mol. The molecule has 1 aromatic heterocycles. The maximum absolute atomic E-state index is 12.8. The van der Waals surface area contributed by atoms with Crippen LogP contribution >= 0.6 is 11.3 Å². The molecule has 0 saturated carbocycles. The van der Waals surface area contributed by atoms with Gasteiger partial charge >= 0.3 is 0 Å². The molecule has 168 valence electrons. The van der Waals surface area contributed by atoms with Crippen LogP contribution in [0.3, 0.4) is 0 Å². The molecule has 0 spiro atoms. The molecule has 0 amide bonds. The Bertz CT molecular complexity index is 1180. The molecule has 9 heteroatoms. The molecule has 1 aliphatic heterocycles. The Hall–Kier alpha value is -2.59. The zero-order valence-electron chi connectivity index (χ0n) is 17.7. The zero-order chi connectivity index (χ0) is 22.6. The van der Waals surface area contributed by atoms with Crippen LogP contribution in [0.15, 0.2) is 58.8 Å². The maximum atomic E-state index is 12.8. The molecule has 2 aromatic carbocycles. The largest absolute Gasteiger partial charge is 0.494 e. The quantitative estimate of drug-likeness (QED) is 0.465. The van der Waals surface area contributed by atoms with Gasteiger partial charge in [0.05, 0.1) is 36.8 Å². The summed E-state index contributed by atoms with van der Waals surface area (Å²) in [4.78, 5) is 17.5. The van der Waals surface area contributed by atoms with E-state index in [1.807, 2.05) is 18.4 Å². The molecule has 3 aromatic rings. The van der Waals surface area contributed by atoms with Crippen LogP contribution < -0.4 is 4.74 Å². The summed E-state index contributed by atoms with van der Waals surface area (Å²) in [5, 5.41) is 2.59. The SMILES string of the molecule is CCOc1cccc(C(=O)Cc2nc(-c3ccc(S(=O)(=O)N4CCOCC4)cc3)cs2)c1. The van der Waals surface area contributed by atoms with Gasteiger partial charge in [-0.3, -0.25) is 4.79 Å². The van der Waals surface area contributed by atoms with Gasteiger partial charge in [0.2, 0.25) is 10.0 Å². The number of ether oxygens (including phenoxy) is 2. The number of Topliss-reactive ketones (excluding diaryl/α,β-unsaturated/α-hetero) is 1. The van der Waals surface area contributed by atoms with Crippen molar-refractivity contribution in [3.63, 3.8) is 0 Å². The van der Waals surface area contributed by atoms with Gasteiger partial charge in [0.25, 0.3) is 0 Å². The van der Waals surface area contributed by atoms with E-state index < -0.39 is 10.0 Å². The van der Waals surface area contributed by atoms with Gasteiger partial charge in [0.15, 0.2) is 5.78 Å². The number of carbonyl (C=O) groups excluding carboxylic acids is 1. The number of ketones is 1. The second kappa shape index (κ2) is 9.91. The summed E-state index contributed by atoms with van der Waals surface area (Å²) in [6.07, 6.45) is 0.198. The fourth-order valence-corrected chi connectivity index (χ4v) is 5.63. The third kappa shape index (κ3) is 5.07. The van der Waals surface area contributed by atoms with E-state index in [-0.39, 0.29) is 17.1 Å². The number of benzene rings is 2. The first-order valence-corrected chi connectivity index (χ1v) is 12.7. The molecule has 0 N–H and O–H groups in total. The topological polar surface area (TPSA) is 85.8 Å². The summed E-state index contributed by atoms with van der Waals surface area (Å²) >= 11 is 1.41. The Morgan fingerprint density at radius 3 is 2.62 bits per heavy atom. The van der Waals surface area contributed by atoms with Gasteiger partial charge in [-0.15, -0.1) is 11.3 Å². The van der Waals surface area contributed by atoms with E-state index in [9.17, 15) is 13.2 Å². The summed E-state index contributed by atoms with van der Waals surface area (Å²) < 4.78 is 37.7. The molecule has 1 saturated heterocycles. The fourth-order valence-electron chi connectivity index (χ4n) is 3.42. The third-order valence-electron chi connectivity index (χ3n) is 5.09. The fraction of sp³-hybridized carbons (Fsp3) is 0.304. The molecule has 2 heterocycles. The Balaban J connectivity index is 1.45. The molecule has 0 bridgehead atoms. The zero-order valence-corrected chi connectivity index (χ0v) is 19.3. The highest BCUT2D eigenvalue weighted by molar-refractivity contribution is 7.89. The van der Waals surface area contributed by atoms with Crippen molar-refractivity contribution in [2.45, 2.75) is 18.2 Å². The molecule has 7 nitrogen and oxygen atoms in total. The Morgan fingerprint density at radius 2 is 1.91 bits per heavy atom. The van der Waals surface area contributed by atoms with Crippen LogP contribution in [0.5, 0.6) is 5.75 Å². The highest BCUT2D eigenvalue weighted by Crippen LogP contribution is 2.26. The van der Waals surface area contributed by atoms with Gasteiger partial charge in [-0.25, -0.2) is 13.4 Å². The second-order valence-corrected chi connectivity index (χ2v) is 10.1. The lowest BCUT2D eigenvalue weighted by atomic mass is 10.1. The van der Waals surface area contributed by atoms with Crippen molar-refractivity contribution in [2.24, 2.45) is 0 Å². The lowest BCUT2D eigenvalue weighted by Crippen LogP contribution is -2.40. The lowest BCUT2D eigenvalue weighted by Gasteiger charge is -2.26. The minimum absolute atomic E-state index is 0.0283. The molecule has 4 rings (SSSR count). The van der Waals surface area contributed by atoms with E-state index in [1.165, 1.54) is 15.6 Å². The van der Waals surface area contributed by atoms with Crippen molar-refractivity contribution in [3.8, 4) is 17.0 Å². The molecular formula is C23H24N2O5S2. The summed E-state index contributed by atoms with van der Waals surface area (Å²) in [6.45, 7) is 3.99. The predicted molar refractivity (Wildman–Crippen MR) is 123 cm³/mol. The van der Waals surface area contributed by atoms with Crippen LogP contribution in [0.1, 0.15) is 22.3 Å². The first-order valence-electron chi connectivity index (χ1n) is 10.4. The van der Waals surface area contributed by atoms with Gasteiger partial charge in [0, 0.05) is 29.6 Å². The summed E-state index contributed by atoms with van der Waals surface area (Å²) in [5.41, 5.74) is 2.11. The van der Waals surface area contributed by atoms with Crippen molar-refractivity contribution < 1.29 is 22.7 Å².